The molecule has 1 N–H and O–H groups in total. The predicted molar refractivity (Wildman–Crippen MR) is 65.1 cm³/mol. The van der Waals surface area contributed by atoms with E-state index in [9.17, 15) is 17.9 Å². The zero-order valence-electron chi connectivity index (χ0n) is 9.52. The van der Waals surface area contributed by atoms with Crippen LogP contribution in [0.4, 0.5) is 4.39 Å². The molecule has 0 bridgehead atoms. The quantitative estimate of drug-likeness (QED) is 0.861. The second kappa shape index (κ2) is 4.92. The van der Waals surface area contributed by atoms with Crippen molar-refractivity contribution in [3.8, 4) is 0 Å². The van der Waals surface area contributed by atoms with Gasteiger partial charge >= 0.3 is 0 Å². The Morgan fingerprint density at radius 2 is 2.00 bits per heavy atom. The van der Waals surface area contributed by atoms with E-state index < -0.39 is 26.0 Å². The van der Waals surface area contributed by atoms with Crippen LogP contribution in [0.1, 0.15) is 25.5 Å². The van der Waals surface area contributed by atoms with Crippen LogP contribution >= 0.6 is 11.6 Å². The van der Waals surface area contributed by atoms with Gasteiger partial charge in [0.25, 0.3) is 0 Å². The van der Waals surface area contributed by atoms with Crippen molar-refractivity contribution in [2.45, 2.75) is 24.2 Å². The number of alkyl halides is 1. The standard InChI is InChI=1S/C11H14ClFO3S/c1-3-17(15,16)11(2,12)10(14)8-6-4-5-7-9(8)13/h4-7,10,14H,3H2,1-2H3/t10-,11+/m1/s1. The summed E-state index contributed by atoms with van der Waals surface area (Å²) in [6, 6.07) is 5.41. The predicted octanol–water partition coefficient (Wildman–Crippen LogP) is 2.25. The minimum atomic E-state index is -3.71. The van der Waals surface area contributed by atoms with Crippen LogP contribution in [-0.4, -0.2) is 23.5 Å². The van der Waals surface area contributed by atoms with Gasteiger partial charge in [-0.15, -0.1) is 0 Å². The van der Waals surface area contributed by atoms with Crippen LogP contribution < -0.4 is 0 Å². The summed E-state index contributed by atoms with van der Waals surface area (Å²) in [5, 5.41) is 9.94. The van der Waals surface area contributed by atoms with Crippen molar-refractivity contribution in [2.24, 2.45) is 0 Å². The van der Waals surface area contributed by atoms with Crippen molar-refractivity contribution in [2.75, 3.05) is 5.75 Å². The minimum Gasteiger partial charge on any atom is -0.385 e. The van der Waals surface area contributed by atoms with E-state index in [4.69, 9.17) is 11.6 Å². The van der Waals surface area contributed by atoms with Gasteiger partial charge in [-0.1, -0.05) is 36.7 Å². The number of halogens is 2. The lowest BCUT2D eigenvalue weighted by atomic mass is 10.1. The van der Waals surface area contributed by atoms with Crippen LogP contribution in [0.2, 0.25) is 0 Å². The van der Waals surface area contributed by atoms with Gasteiger partial charge in [-0.05, 0) is 13.0 Å². The Morgan fingerprint density at radius 3 is 2.47 bits per heavy atom. The zero-order chi connectivity index (χ0) is 13.3. The molecule has 2 atom stereocenters. The summed E-state index contributed by atoms with van der Waals surface area (Å²) >= 11 is 5.88. The number of hydrogen-bond donors (Lipinski definition) is 1. The van der Waals surface area contributed by atoms with Gasteiger partial charge in [-0.25, -0.2) is 12.8 Å². The highest BCUT2D eigenvalue weighted by Gasteiger charge is 2.44. The molecule has 0 aromatic heterocycles. The number of hydrogen-bond acceptors (Lipinski definition) is 3. The number of aliphatic hydroxyl groups excluding tert-OH is 1. The first kappa shape index (κ1) is 14.4. The topological polar surface area (TPSA) is 54.4 Å². The maximum atomic E-state index is 13.4. The zero-order valence-corrected chi connectivity index (χ0v) is 11.1. The van der Waals surface area contributed by atoms with Gasteiger partial charge in [0.2, 0.25) is 0 Å². The second-order valence-corrected chi connectivity index (χ2v) is 7.48. The van der Waals surface area contributed by atoms with Crippen molar-refractivity contribution >= 4 is 21.4 Å². The molecule has 0 spiro atoms. The van der Waals surface area contributed by atoms with Crippen LogP contribution in [0.5, 0.6) is 0 Å². The maximum Gasteiger partial charge on any atom is 0.172 e. The largest absolute Gasteiger partial charge is 0.385 e. The molecule has 3 nitrogen and oxygen atoms in total. The van der Waals surface area contributed by atoms with E-state index in [1.165, 1.54) is 32.0 Å². The fourth-order valence-electron chi connectivity index (χ4n) is 1.43. The van der Waals surface area contributed by atoms with E-state index in [0.717, 1.165) is 6.07 Å². The molecule has 17 heavy (non-hydrogen) atoms. The molecule has 1 aromatic carbocycles. The Morgan fingerprint density at radius 1 is 1.47 bits per heavy atom. The van der Waals surface area contributed by atoms with Gasteiger partial charge in [0.05, 0.1) is 0 Å². The van der Waals surface area contributed by atoms with Crippen molar-refractivity contribution in [3.05, 3.63) is 35.6 Å². The van der Waals surface area contributed by atoms with E-state index >= 15 is 0 Å². The summed E-state index contributed by atoms with van der Waals surface area (Å²) in [7, 11) is -3.71. The summed E-state index contributed by atoms with van der Waals surface area (Å²) in [4.78, 5) is 0. The van der Waals surface area contributed by atoms with Gasteiger partial charge in [0, 0.05) is 11.3 Å². The molecular weight excluding hydrogens is 267 g/mol. The molecule has 0 heterocycles. The fraction of sp³-hybridized carbons (Fsp3) is 0.455. The Balaban J connectivity index is 3.23. The van der Waals surface area contributed by atoms with Crippen LogP contribution in [0.25, 0.3) is 0 Å². The third-order valence-electron chi connectivity index (χ3n) is 2.68. The summed E-state index contributed by atoms with van der Waals surface area (Å²) in [6.45, 7) is 2.59. The van der Waals surface area contributed by atoms with Crippen LogP contribution in [-0.2, 0) is 9.84 Å². The monoisotopic (exact) mass is 280 g/mol. The van der Waals surface area contributed by atoms with E-state index in [1.54, 1.807) is 0 Å². The van der Waals surface area contributed by atoms with E-state index in [1.807, 2.05) is 0 Å². The molecule has 0 fully saturated rings. The lowest BCUT2D eigenvalue weighted by molar-refractivity contribution is 0.158. The van der Waals surface area contributed by atoms with Gasteiger partial charge < -0.3 is 5.11 Å². The molecule has 0 saturated carbocycles. The molecule has 96 valence electrons. The Bertz CT molecular complexity index is 499. The van der Waals surface area contributed by atoms with Crippen LogP contribution in [0.3, 0.4) is 0 Å². The van der Waals surface area contributed by atoms with Crippen LogP contribution in [0, 0.1) is 5.82 Å². The minimum absolute atomic E-state index is 0.123. The molecule has 1 aromatic rings. The average molecular weight is 281 g/mol. The van der Waals surface area contributed by atoms with Gasteiger partial charge in [-0.2, -0.15) is 0 Å². The molecule has 0 radical (unpaired) electrons. The van der Waals surface area contributed by atoms with E-state index in [2.05, 4.69) is 0 Å². The summed E-state index contributed by atoms with van der Waals surface area (Å²) in [5.41, 5.74) is -0.123. The molecule has 0 saturated heterocycles. The molecule has 0 aliphatic heterocycles. The third kappa shape index (κ3) is 2.61. The number of rotatable bonds is 4. The SMILES string of the molecule is CCS(=O)(=O)[C@](C)(Cl)[C@H](O)c1ccccc1F. The Kier molecular flexibility index (Phi) is 4.17. The third-order valence-corrected chi connectivity index (χ3v) is 5.79. The Hall–Kier alpha value is -0.650. The molecular formula is C11H14ClFO3S. The maximum absolute atomic E-state index is 13.4. The average Bonchev–Trinajstić information content (AvgIpc) is 2.28. The highest BCUT2D eigenvalue weighted by atomic mass is 35.5. The molecule has 0 unspecified atom stereocenters. The number of aliphatic hydroxyl groups is 1. The van der Waals surface area contributed by atoms with Crippen molar-refractivity contribution in [3.63, 3.8) is 0 Å². The normalized spacial score (nSPS) is 17.5. The van der Waals surface area contributed by atoms with Crippen LogP contribution in [0.15, 0.2) is 24.3 Å². The smallest absolute Gasteiger partial charge is 0.172 e. The summed E-state index contributed by atoms with van der Waals surface area (Å²) < 4.78 is 35.0. The lowest BCUT2D eigenvalue weighted by Gasteiger charge is -2.27. The summed E-state index contributed by atoms with van der Waals surface area (Å²) in [5.74, 6) is -0.906. The summed E-state index contributed by atoms with van der Waals surface area (Å²) in [6.07, 6.45) is -1.62. The van der Waals surface area contributed by atoms with Gasteiger partial charge in [0.15, 0.2) is 14.0 Å². The number of sulfone groups is 1. The molecule has 6 heteroatoms. The van der Waals surface area contributed by atoms with Crippen molar-refractivity contribution in [1.29, 1.82) is 0 Å². The van der Waals surface area contributed by atoms with Crippen molar-refractivity contribution < 1.29 is 17.9 Å². The molecule has 1 rings (SSSR count). The first-order valence-corrected chi connectivity index (χ1v) is 7.10. The molecule has 0 aliphatic carbocycles. The number of benzene rings is 1. The highest BCUT2D eigenvalue weighted by molar-refractivity contribution is 7.94. The fourth-order valence-corrected chi connectivity index (χ4v) is 2.90. The first-order valence-electron chi connectivity index (χ1n) is 5.07. The van der Waals surface area contributed by atoms with Gasteiger partial charge in [-0.3, -0.25) is 0 Å². The van der Waals surface area contributed by atoms with Gasteiger partial charge in [0.1, 0.15) is 11.9 Å². The first-order chi connectivity index (χ1) is 7.74. The molecule has 0 amide bonds. The Labute approximate surface area is 105 Å². The van der Waals surface area contributed by atoms with E-state index in [0.29, 0.717) is 0 Å². The second-order valence-electron chi connectivity index (χ2n) is 3.81. The van der Waals surface area contributed by atoms with E-state index in [-0.39, 0.29) is 11.3 Å². The molecule has 0 aliphatic rings. The van der Waals surface area contributed by atoms with Crippen molar-refractivity contribution in [1.82, 2.24) is 0 Å². The highest BCUT2D eigenvalue weighted by Crippen LogP contribution is 2.37. The lowest BCUT2D eigenvalue weighted by Crippen LogP contribution is -2.37.